The Balaban J connectivity index is 1.30. The van der Waals surface area contributed by atoms with Crippen LogP contribution in [0, 0.1) is 6.92 Å². The number of carbonyl (C=O) groups is 2. The van der Waals surface area contributed by atoms with E-state index in [1.54, 1.807) is 6.07 Å². The fourth-order valence-corrected chi connectivity index (χ4v) is 5.81. The summed E-state index contributed by atoms with van der Waals surface area (Å²) in [5.74, 6) is -0.753. The fraction of sp³-hybridized carbons (Fsp3) is 0.200. The Labute approximate surface area is 224 Å². The van der Waals surface area contributed by atoms with Gasteiger partial charge in [-0.05, 0) is 66.1 Å². The van der Waals surface area contributed by atoms with Crippen LogP contribution in [-0.2, 0) is 14.9 Å². The predicted molar refractivity (Wildman–Crippen MR) is 148 cm³/mol. The van der Waals surface area contributed by atoms with Gasteiger partial charge in [0.1, 0.15) is 6.10 Å². The van der Waals surface area contributed by atoms with Crippen molar-refractivity contribution < 1.29 is 19.4 Å². The number of aliphatic carboxylic acids is 1. The van der Waals surface area contributed by atoms with Crippen LogP contribution in [0.5, 0.6) is 0 Å². The van der Waals surface area contributed by atoms with Crippen molar-refractivity contribution in [3.63, 3.8) is 0 Å². The standard InChI is InChI=1S/C30H26ClNO4S/c1-18-5-3-4-6-24(18)19(2)36-29(35)32-25-17-26(31)37-27(25)22-9-7-20(8-10-22)21-11-13-23(14-12-21)30(15-16-30)28(33)34/h3-14,17,19H,15-16H2,1-2H3,(H,32,35)(H,33,34)/t19-/m1/s1. The van der Waals surface area contributed by atoms with Crippen LogP contribution in [-0.4, -0.2) is 17.2 Å². The molecule has 1 aromatic heterocycles. The number of rotatable bonds is 7. The maximum absolute atomic E-state index is 12.7. The van der Waals surface area contributed by atoms with Crippen LogP contribution in [0.15, 0.2) is 78.9 Å². The summed E-state index contributed by atoms with van der Waals surface area (Å²) in [7, 11) is 0. The van der Waals surface area contributed by atoms with Crippen LogP contribution in [0.25, 0.3) is 21.6 Å². The van der Waals surface area contributed by atoms with Crippen molar-refractivity contribution in [1.29, 1.82) is 0 Å². The third-order valence-corrected chi connectivity index (χ3v) is 8.24. The summed E-state index contributed by atoms with van der Waals surface area (Å²) in [4.78, 5) is 25.1. The van der Waals surface area contributed by atoms with Crippen LogP contribution in [0.1, 0.15) is 42.6 Å². The Morgan fingerprint density at radius 3 is 2.16 bits per heavy atom. The van der Waals surface area contributed by atoms with Crippen molar-refractivity contribution in [2.45, 2.75) is 38.2 Å². The number of carbonyl (C=O) groups excluding carboxylic acids is 1. The number of hydrogen-bond acceptors (Lipinski definition) is 4. The number of halogens is 1. The molecule has 37 heavy (non-hydrogen) atoms. The van der Waals surface area contributed by atoms with Gasteiger partial charge in [0.25, 0.3) is 0 Å². The van der Waals surface area contributed by atoms with Crippen LogP contribution in [0.4, 0.5) is 10.5 Å². The molecule has 1 aliphatic carbocycles. The van der Waals surface area contributed by atoms with Crippen molar-refractivity contribution >= 4 is 40.7 Å². The van der Waals surface area contributed by atoms with E-state index in [0.29, 0.717) is 22.9 Å². The van der Waals surface area contributed by atoms with Gasteiger partial charge in [-0.1, -0.05) is 84.4 Å². The van der Waals surface area contributed by atoms with E-state index in [-0.39, 0.29) is 0 Å². The number of thiophene rings is 1. The summed E-state index contributed by atoms with van der Waals surface area (Å²) in [6.45, 7) is 3.84. The predicted octanol–water partition coefficient (Wildman–Crippen LogP) is 8.47. The Kier molecular flexibility index (Phi) is 6.80. The monoisotopic (exact) mass is 531 g/mol. The Morgan fingerprint density at radius 1 is 0.973 bits per heavy atom. The SMILES string of the molecule is Cc1ccccc1[C@@H](C)OC(=O)Nc1cc(Cl)sc1-c1ccc(-c2ccc(C3(C(=O)O)CC3)cc2)cc1. The molecule has 1 aliphatic rings. The highest BCUT2D eigenvalue weighted by Crippen LogP contribution is 2.48. The first-order chi connectivity index (χ1) is 17.8. The summed E-state index contributed by atoms with van der Waals surface area (Å²) in [6, 6.07) is 25.3. The van der Waals surface area contributed by atoms with Gasteiger partial charge in [0, 0.05) is 0 Å². The largest absolute Gasteiger partial charge is 0.481 e. The molecule has 1 amide bonds. The van der Waals surface area contributed by atoms with Gasteiger partial charge in [-0.2, -0.15) is 0 Å². The second-order valence-corrected chi connectivity index (χ2v) is 11.0. The number of carboxylic acids is 1. The molecule has 188 valence electrons. The minimum Gasteiger partial charge on any atom is -0.481 e. The van der Waals surface area contributed by atoms with Gasteiger partial charge < -0.3 is 9.84 Å². The number of aryl methyl sites for hydroxylation is 1. The minimum atomic E-state index is -0.753. The molecule has 2 N–H and O–H groups in total. The van der Waals surface area contributed by atoms with Gasteiger partial charge >= 0.3 is 12.1 Å². The van der Waals surface area contributed by atoms with E-state index < -0.39 is 23.6 Å². The summed E-state index contributed by atoms with van der Waals surface area (Å²) >= 11 is 7.69. The molecule has 0 radical (unpaired) electrons. The van der Waals surface area contributed by atoms with E-state index in [4.69, 9.17) is 16.3 Å². The molecular formula is C30H26ClNO4S. The van der Waals surface area contributed by atoms with Crippen molar-refractivity contribution in [1.82, 2.24) is 0 Å². The van der Waals surface area contributed by atoms with E-state index in [9.17, 15) is 14.7 Å². The third kappa shape index (κ3) is 5.13. The number of ether oxygens (including phenoxy) is 1. The molecule has 3 aromatic carbocycles. The van der Waals surface area contributed by atoms with Gasteiger partial charge in [-0.15, -0.1) is 11.3 Å². The number of benzene rings is 3. The minimum absolute atomic E-state index is 0.394. The lowest BCUT2D eigenvalue weighted by Crippen LogP contribution is -2.19. The summed E-state index contributed by atoms with van der Waals surface area (Å²) < 4.78 is 6.19. The molecule has 5 nitrogen and oxygen atoms in total. The molecule has 0 unspecified atom stereocenters. The van der Waals surface area contributed by atoms with Crippen molar-refractivity contribution in [3.05, 3.63) is 99.9 Å². The Hall–Kier alpha value is -3.61. The zero-order chi connectivity index (χ0) is 26.2. The average Bonchev–Trinajstić information content (AvgIpc) is 3.62. The Morgan fingerprint density at radius 2 is 1.57 bits per heavy atom. The number of hydrogen-bond donors (Lipinski definition) is 2. The Bertz CT molecular complexity index is 1460. The fourth-order valence-electron chi connectivity index (χ4n) is 4.62. The zero-order valence-corrected chi connectivity index (χ0v) is 22.0. The first-order valence-electron chi connectivity index (χ1n) is 12.0. The van der Waals surface area contributed by atoms with Gasteiger partial charge in [0.05, 0.1) is 20.3 Å². The van der Waals surface area contributed by atoms with E-state index in [2.05, 4.69) is 5.32 Å². The average molecular weight is 532 g/mol. The molecule has 4 aromatic rings. The summed E-state index contributed by atoms with van der Waals surface area (Å²) in [6.07, 6.45) is 0.441. The van der Waals surface area contributed by atoms with E-state index in [1.165, 1.54) is 11.3 Å². The number of anilines is 1. The molecule has 0 bridgehead atoms. The van der Waals surface area contributed by atoms with Crippen molar-refractivity contribution in [2.24, 2.45) is 0 Å². The van der Waals surface area contributed by atoms with E-state index >= 15 is 0 Å². The molecular weight excluding hydrogens is 506 g/mol. The lowest BCUT2D eigenvalue weighted by Gasteiger charge is -2.16. The number of nitrogens with one attached hydrogen (secondary N) is 1. The lowest BCUT2D eigenvalue weighted by molar-refractivity contribution is -0.140. The topological polar surface area (TPSA) is 75.6 Å². The molecule has 1 atom stereocenters. The van der Waals surface area contributed by atoms with Crippen LogP contribution in [0.3, 0.4) is 0 Å². The summed E-state index contributed by atoms with van der Waals surface area (Å²) in [5, 5.41) is 12.4. The molecule has 1 fully saturated rings. The van der Waals surface area contributed by atoms with Crippen LogP contribution < -0.4 is 5.32 Å². The maximum Gasteiger partial charge on any atom is 0.412 e. The second kappa shape index (κ2) is 10.0. The molecule has 7 heteroatoms. The highest BCUT2D eigenvalue weighted by atomic mass is 35.5. The zero-order valence-electron chi connectivity index (χ0n) is 20.5. The maximum atomic E-state index is 12.7. The molecule has 5 rings (SSSR count). The van der Waals surface area contributed by atoms with Gasteiger partial charge in [0.15, 0.2) is 0 Å². The first-order valence-corrected chi connectivity index (χ1v) is 13.2. The highest BCUT2D eigenvalue weighted by Gasteiger charge is 2.51. The van der Waals surface area contributed by atoms with Crippen LogP contribution in [0.2, 0.25) is 4.34 Å². The van der Waals surface area contributed by atoms with E-state index in [1.807, 2.05) is 86.6 Å². The first kappa shape index (κ1) is 25.1. The molecule has 1 heterocycles. The normalized spacial score (nSPS) is 14.6. The van der Waals surface area contributed by atoms with Crippen molar-refractivity contribution in [2.75, 3.05) is 5.32 Å². The molecule has 0 aliphatic heterocycles. The van der Waals surface area contributed by atoms with Gasteiger partial charge in [-0.3, -0.25) is 10.1 Å². The molecule has 0 saturated heterocycles. The van der Waals surface area contributed by atoms with Crippen molar-refractivity contribution in [3.8, 4) is 21.6 Å². The van der Waals surface area contributed by atoms with Gasteiger partial charge in [-0.25, -0.2) is 4.79 Å². The van der Waals surface area contributed by atoms with Gasteiger partial charge in [0.2, 0.25) is 0 Å². The number of amides is 1. The quantitative estimate of drug-likeness (QED) is 0.251. The molecule has 1 saturated carbocycles. The lowest BCUT2D eigenvalue weighted by atomic mass is 9.93. The number of carboxylic acid groups (broad SMARTS) is 1. The second-order valence-electron chi connectivity index (χ2n) is 9.36. The highest BCUT2D eigenvalue weighted by molar-refractivity contribution is 7.20. The van der Waals surface area contributed by atoms with Crippen LogP contribution >= 0.6 is 22.9 Å². The smallest absolute Gasteiger partial charge is 0.412 e. The molecule has 0 spiro atoms. The van der Waals surface area contributed by atoms with E-state index in [0.717, 1.165) is 38.3 Å². The third-order valence-electron chi connectivity index (χ3n) is 6.93. The summed E-state index contributed by atoms with van der Waals surface area (Å²) in [5.41, 5.74) is 5.70.